The second-order valence-corrected chi connectivity index (χ2v) is 6.33. The maximum atomic E-state index is 11.9. The summed E-state index contributed by atoms with van der Waals surface area (Å²) in [6.45, 7) is 0.463. The van der Waals surface area contributed by atoms with Gasteiger partial charge in [-0.05, 0) is 35.2 Å². The molecule has 0 unspecified atom stereocenters. The van der Waals surface area contributed by atoms with Gasteiger partial charge in [0, 0.05) is 11.6 Å². The van der Waals surface area contributed by atoms with Gasteiger partial charge in [0.15, 0.2) is 0 Å². The minimum atomic E-state index is -0.537. The minimum Gasteiger partial charge on any atom is -0.493 e. The van der Waals surface area contributed by atoms with Crippen LogP contribution in [0.1, 0.15) is 11.3 Å². The van der Waals surface area contributed by atoms with Crippen molar-refractivity contribution in [1.29, 1.82) is 0 Å². The van der Waals surface area contributed by atoms with Crippen LogP contribution in [0.4, 0.5) is 0 Å². The van der Waals surface area contributed by atoms with E-state index in [-0.39, 0.29) is 23.9 Å². The second-order valence-electron chi connectivity index (χ2n) is 5.89. The van der Waals surface area contributed by atoms with Gasteiger partial charge in [-0.3, -0.25) is 9.78 Å². The largest absolute Gasteiger partial charge is 0.493 e. The lowest BCUT2D eigenvalue weighted by Crippen LogP contribution is -2.27. The number of hydrogen-bond acceptors (Lipinski definition) is 3. The Morgan fingerprint density at radius 2 is 1.85 bits per heavy atom. The average Bonchev–Trinajstić information content (AvgIpc) is 2.92. The summed E-state index contributed by atoms with van der Waals surface area (Å²) < 4.78 is 0. The molecule has 0 aliphatic heterocycles. The molecule has 2 aromatic carbocycles. The van der Waals surface area contributed by atoms with E-state index >= 15 is 0 Å². The van der Waals surface area contributed by atoms with Gasteiger partial charge < -0.3 is 15.4 Å². The number of aromatic hydroxyl groups is 1. The van der Waals surface area contributed by atoms with E-state index in [1.54, 1.807) is 0 Å². The standard InChI is InChI=1S/C19H18ClN3O3/c20-15-3-1-2-14(10-15)13-6-4-12(5-7-13)8-9-21-17(24)11-16-18(25)23-19(26)22-16/h1-7,10,25H,8-9,11H2,(H,21,24)(H2,22,23,26). The molecular formula is C19H18ClN3O3. The molecule has 1 aromatic heterocycles. The number of aromatic amines is 2. The van der Waals surface area contributed by atoms with Crippen LogP contribution in [0, 0.1) is 0 Å². The van der Waals surface area contributed by atoms with Gasteiger partial charge in [0.25, 0.3) is 0 Å². The van der Waals surface area contributed by atoms with Crippen molar-refractivity contribution in [2.75, 3.05) is 6.54 Å². The molecule has 0 spiro atoms. The molecule has 0 fully saturated rings. The number of hydrogen-bond donors (Lipinski definition) is 4. The first-order valence-corrected chi connectivity index (χ1v) is 8.51. The first kappa shape index (κ1) is 17.8. The highest BCUT2D eigenvalue weighted by Crippen LogP contribution is 2.23. The van der Waals surface area contributed by atoms with E-state index in [0.29, 0.717) is 18.0 Å². The molecule has 0 atom stereocenters. The molecule has 0 saturated heterocycles. The number of aromatic nitrogens is 2. The summed E-state index contributed by atoms with van der Waals surface area (Å²) in [7, 11) is 0. The van der Waals surface area contributed by atoms with Gasteiger partial charge in [0.05, 0.1) is 12.1 Å². The molecular weight excluding hydrogens is 354 g/mol. The number of carbonyl (C=O) groups is 1. The van der Waals surface area contributed by atoms with Crippen molar-refractivity contribution >= 4 is 17.5 Å². The number of rotatable bonds is 6. The van der Waals surface area contributed by atoms with Crippen LogP contribution in [-0.2, 0) is 17.6 Å². The number of carbonyl (C=O) groups excluding carboxylic acids is 1. The molecule has 0 aliphatic carbocycles. The molecule has 3 aromatic rings. The van der Waals surface area contributed by atoms with Crippen molar-refractivity contribution in [1.82, 2.24) is 15.3 Å². The number of nitrogens with one attached hydrogen (secondary N) is 3. The Balaban J connectivity index is 1.51. The van der Waals surface area contributed by atoms with Crippen LogP contribution >= 0.6 is 11.6 Å². The highest BCUT2D eigenvalue weighted by atomic mass is 35.5. The maximum Gasteiger partial charge on any atom is 0.325 e. The predicted octanol–water partition coefficient (Wildman–Crippen LogP) is 2.63. The topological polar surface area (TPSA) is 98.0 Å². The van der Waals surface area contributed by atoms with E-state index < -0.39 is 5.69 Å². The summed E-state index contributed by atoms with van der Waals surface area (Å²) in [4.78, 5) is 27.4. The lowest BCUT2D eigenvalue weighted by atomic mass is 10.0. The van der Waals surface area contributed by atoms with Gasteiger partial charge in [-0.1, -0.05) is 48.0 Å². The lowest BCUT2D eigenvalue weighted by Gasteiger charge is -2.07. The molecule has 0 bridgehead atoms. The van der Waals surface area contributed by atoms with E-state index in [9.17, 15) is 14.7 Å². The van der Waals surface area contributed by atoms with Gasteiger partial charge in [-0.2, -0.15) is 0 Å². The second kappa shape index (κ2) is 7.93. The third-order valence-electron chi connectivity index (χ3n) is 3.97. The smallest absolute Gasteiger partial charge is 0.325 e. The third-order valence-corrected chi connectivity index (χ3v) is 4.20. The van der Waals surface area contributed by atoms with Crippen molar-refractivity contribution in [3.63, 3.8) is 0 Å². The fourth-order valence-corrected chi connectivity index (χ4v) is 2.83. The van der Waals surface area contributed by atoms with Gasteiger partial charge in [-0.15, -0.1) is 0 Å². The highest BCUT2D eigenvalue weighted by molar-refractivity contribution is 6.30. The van der Waals surface area contributed by atoms with Crippen LogP contribution in [0.25, 0.3) is 11.1 Å². The SMILES string of the molecule is O=C(Cc1[nH]c(=O)[nH]c1O)NCCc1ccc(-c2cccc(Cl)c2)cc1. The summed E-state index contributed by atoms with van der Waals surface area (Å²) in [6.07, 6.45) is 0.593. The molecule has 26 heavy (non-hydrogen) atoms. The van der Waals surface area contributed by atoms with E-state index in [1.807, 2.05) is 48.5 Å². The average molecular weight is 372 g/mol. The zero-order chi connectivity index (χ0) is 18.5. The van der Waals surface area contributed by atoms with Gasteiger partial charge in [0.2, 0.25) is 11.8 Å². The molecule has 4 N–H and O–H groups in total. The summed E-state index contributed by atoms with van der Waals surface area (Å²) in [5.41, 5.74) is 2.86. The van der Waals surface area contributed by atoms with Crippen LogP contribution < -0.4 is 11.0 Å². The molecule has 6 nitrogen and oxygen atoms in total. The van der Waals surface area contributed by atoms with Crippen molar-refractivity contribution in [3.8, 4) is 17.0 Å². The summed E-state index contributed by atoms with van der Waals surface area (Å²) in [5.74, 6) is -0.576. The quantitative estimate of drug-likeness (QED) is 0.536. The third kappa shape index (κ3) is 4.55. The molecule has 7 heteroatoms. The van der Waals surface area contributed by atoms with Crippen LogP contribution in [0.15, 0.2) is 53.3 Å². The first-order chi connectivity index (χ1) is 12.5. The van der Waals surface area contributed by atoms with E-state index in [1.165, 1.54) is 0 Å². The van der Waals surface area contributed by atoms with Crippen molar-refractivity contribution in [2.45, 2.75) is 12.8 Å². The van der Waals surface area contributed by atoms with Gasteiger partial charge in [-0.25, -0.2) is 4.79 Å². The van der Waals surface area contributed by atoms with Crippen molar-refractivity contribution < 1.29 is 9.90 Å². The molecule has 0 saturated carbocycles. The molecule has 1 amide bonds. The zero-order valence-electron chi connectivity index (χ0n) is 13.9. The molecule has 1 heterocycles. The number of amides is 1. The van der Waals surface area contributed by atoms with E-state index in [4.69, 9.17) is 11.6 Å². The van der Waals surface area contributed by atoms with Gasteiger partial charge >= 0.3 is 5.69 Å². The Labute approximate surface area is 154 Å². The summed E-state index contributed by atoms with van der Waals surface area (Å²) >= 11 is 6.02. The summed E-state index contributed by atoms with van der Waals surface area (Å²) in [6, 6.07) is 15.7. The van der Waals surface area contributed by atoms with Crippen LogP contribution in [0.3, 0.4) is 0 Å². The summed E-state index contributed by atoms with van der Waals surface area (Å²) in [5, 5.41) is 12.9. The molecule has 3 rings (SSSR count). The Morgan fingerprint density at radius 3 is 2.50 bits per heavy atom. The number of halogens is 1. The van der Waals surface area contributed by atoms with E-state index in [2.05, 4.69) is 15.3 Å². The lowest BCUT2D eigenvalue weighted by molar-refractivity contribution is -0.120. The minimum absolute atomic E-state index is 0.0850. The Morgan fingerprint density at radius 1 is 1.08 bits per heavy atom. The highest BCUT2D eigenvalue weighted by Gasteiger charge is 2.10. The maximum absolute atomic E-state index is 11.9. The number of benzene rings is 2. The van der Waals surface area contributed by atoms with Crippen LogP contribution in [0.5, 0.6) is 5.88 Å². The number of imidazole rings is 1. The predicted molar refractivity (Wildman–Crippen MR) is 100 cm³/mol. The number of H-pyrrole nitrogens is 2. The Hall–Kier alpha value is -2.99. The fraction of sp³-hybridized carbons (Fsp3) is 0.158. The van der Waals surface area contributed by atoms with Crippen LogP contribution in [-0.4, -0.2) is 27.5 Å². The monoisotopic (exact) mass is 371 g/mol. The normalized spacial score (nSPS) is 10.7. The molecule has 0 aliphatic rings. The van der Waals surface area contributed by atoms with Crippen molar-refractivity contribution in [3.05, 3.63) is 75.3 Å². The first-order valence-electron chi connectivity index (χ1n) is 8.13. The Kier molecular flexibility index (Phi) is 5.43. The van der Waals surface area contributed by atoms with E-state index in [0.717, 1.165) is 16.7 Å². The molecule has 0 radical (unpaired) electrons. The zero-order valence-corrected chi connectivity index (χ0v) is 14.6. The van der Waals surface area contributed by atoms with Gasteiger partial charge in [0.1, 0.15) is 0 Å². The molecule has 134 valence electrons. The van der Waals surface area contributed by atoms with Crippen LogP contribution in [0.2, 0.25) is 5.02 Å². The van der Waals surface area contributed by atoms with Crippen molar-refractivity contribution in [2.24, 2.45) is 0 Å². The fourth-order valence-electron chi connectivity index (χ4n) is 2.64. The Bertz CT molecular complexity index is 961.